The van der Waals surface area contributed by atoms with Crippen molar-refractivity contribution >= 4 is 23.3 Å². The highest BCUT2D eigenvalue weighted by atomic mass is 32.1. The Morgan fingerprint density at radius 3 is 2.50 bits per heavy atom. The molecule has 0 unspecified atom stereocenters. The van der Waals surface area contributed by atoms with Gasteiger partial charge in [0.2, 0.25) is 5.91 Å². The zero-order valence-corrected chi connectivity index (χ0v) is 16.6. The van der Waals surface area contributed by atoms with E-state index in [2.05, 4.69) is 14.9 Å². The molecule has 0 spiro atoms. The second-order valence-corrected chi connectivity index (χ2v) is 8.48. The molecule has 1 aliphatic carbocycles. The Morgan fingerprint density at radius 2 is 1.93 bits per heavy atom. The topological polar surface area (TPSA) is 75.2 Å². The normalized spacial score (nSPS) is 18.7. The van der Waals surface area contributed by atoms with Crippen LogP contribution in [-0.4, -0.2) is 45.9 Å². The van der Waals surface area contributed by atoms with Crippen molar-refractivity contribution < 1.29 is 14.0 Å². The summed E-state index contributed by atoms with van der Waals surface area (Å²) in [5.74, 6) is 0.107. The van der Waals surface area contributed by atoms with E-state index in [0.717, 1.165) is 42.8 Å². The molecule has 2 heterocycles. The summed E-state index contributed by atoms with van der Waals surface area (Å²) in [6, 6.07) is 6.25. The summed E-state index contributed by atoms with van der Waals surface area (Å²) in [6.45, 7) is 3.78. The van der Waals surface area contributed by atoms with Crippen molar-refractivity contribution in [2.75, 3.05) is 19.6 Å². The molecule has 2 amide bonds. The first kappa shape index (κ1) is 19.0. The summed E-state index contributed by atoms with van der Waals surface area (Å²) in [4.78, 5) is 27.7. The van der Waals surface area contributed by atoms with Gasteiger partial charge in [0, 0.05) is 19.6 Å². The van der Waals surface area contributed by atoms with Crippen LogP contribution in [0.1, 0.15) is 46.6 Å². The number of hydrogen-bond donors (Lipinski definition) is 1. The van der Waals surface area contributed by atoms with E-state index in [1.165, 1.54) is 12.1 Å². The number of nitrogens with zero attached hydrogens (tertiary/aromatic N) is 3. The Morgan fingerprint density at radius 1 is 1.25 bits per heavy atom. The Kier molecular flexibility index (Phi) is 5.14. The van der Waals surface area contributed by atoms with Gasteiger partial charge in [-0.3, -0.25) is 9.59 Å². The summed E-state index contributed by atoms with van der Waals surface area (Å²) < 4.78 is 17.0. The van der Waals surface area contributed by atoms with Gasteiger partial charge in [-0.25, -0.2) is 4.39 Å². The molecule has 1 saturated heterocycles. The molecule has 148 valence electrons. The molecule has 1 aromatic carbocycles. The van der Waals surface area contributed by atoms with Gasteiger partial charge in [0.15, 0.2) is 0 Å². The molecule has 2 fully saturated rings. The molecule has 8 heteroatoms. The van der Waals surface area contributed by atoms with Crippen LogP contribution >= 0.6 is 11.5 Å². The molecule has 0 atom stereocenters. The van der Waals surface area contributed by atoms with Crippen molar-refractivity contribution in [3.05, 3.63) is 46.2 Å². The smallest absolute Gasteiger partial charge is 0.267 e. The molecule has 0 bridgehead atoms. The minimum Gasteiger partial charge on any atom is -0.355 e. The van der Waals surface area contributed by atoms with Crippen LogP contribution in [-0.2, 0) is 10.2 Å². The lowest BCUT2D eigenvalue weighted by Crippen LogP contribution is -2.43. The molecule has 1 aromatic heterocycles. The molecule has 6 nitrogen and oxygen atoms in total. The second-order valence-electron chi connectivity index (χ2n) is 7.72. The quantitative estimate of drug-likeness (QED) is 0.834. The van der Waals surface area contributed by atoms with Crippen LogP contribution in [0.15, 0.2) is 24.3 Å². The van der Waals surface area contributed by atoms with Gasteiger partial charge in [-0.15, -0.1) is 5.10 Å². The molecule has 28 heavy (non-hydrogen) atoms. The predicted octanol–water partition coefficient (Wildman–Crippen LogP) is 2.69. The SMILES string of the molecule is Cc1nnsc1C(=O)N1CCC(CNC(=O)C2(c3ccc(F)cc3)CC2)CC1. The molecule has 2 aliphatic rings. The van der Waals surface area contributed by atoms with Crippen molar-refractivity contribution in [1.82, 2.24) is 19.8 Å². The lowest BCUT2D eigenvalue weighted by atomic mass is 9.93. The molecular weight excluding hydrogens is 379 g/mol. The van der Waals surface area contributed by atoms with Gasteiger partial charge < -0.3 is 10.2 Å². The summed E-state index contributed by atoms with van der Waals surface area (Å²) in [5.41, 5.74) is 1.08. The van der Waals surface area contributed by atoms with Crippen LogP contribution in [0.4, 0.5) is 4.39 Å². The molecule has 1 saturated carbocycles. The summed E-state index contributed by atoms with van der Waals surface area (Å²) in [7, 11) is 0. The first-order chi connectivity index (χ1) is 13.5. The van der Waals surface area contributed by atoms with E-state index >= 15 is 0 Å². The number of hydrogen-bond acceptors (Lipinski definition) is 5. The molecule has 4 rings (SSSR count). The largest absolute Gasteiger partial charge is 0.355 e. The predicted molar refractivity (Wildman–Crippen MR) is 104 cm³/mol. The van der Waals surface area contributed by atoms with Gasteiger partial charge in [-0.1, -0.05) is 16.6 Å². The third-order valence-electron chi connectivity index (χ3n) is 5.88. The fraction of sp³-hybridized carbons (Fsp3) is 0.500. The zero-order valence-electron chi connectivity index (χ0n) is 15.8. The van der Waals surface area contributed by atoms with Crippen molar-refractivity contribution in [3.8, 4) is 0 Å². The van der Waals surface area contributed by atoms with Crippen LogP contribution in [0.2, 0.25) is 0 Å². The number of benzene rings is 1. The van der Waals surface area contributed by atoms with Gasteiger partial charge in [-0.2, -0.15) is 0 Å². The van der Waals surface area contributed by atoms with Crippen molar-refractivity contribution in [1.29, 1.82) is 0 Å². The third kappa shape index (κ3) is 3.65. The Hall–Kier alpha value is -2.35. The minimum absolute atomic E-state index is 0.00299. The minimum atomic E-state index is -0.485. The summed E-state index contributed by atoms with van der Waals surface area (Å²) in [5, 5.41) is 7.00. The number of aryl methyl sites for hydroxylation is 1. The second kappa shape index (κ2) is 7.58. The fourth-order valence-corrected chi connectivity index (χ4v) is 4.48. The number of carbonyl (C=O) groups is 2. The van der Waals surface area contributed by atoms with Crippen LogP contribution < -0.4 is 5.32 Å². The standard InChI is InChI=1S/C20H23FN4O2S/c1-13-17(28-24-23-13)18(26)25-10-6-14(7-11-25)12-22-19(27)20(8-9-20)15-2-4-16(21)5-3-15/h2-5,14H,6-12H2,1H3,(H,22,27). The highest BCUT2D eigenvalue weighted by Gasteiger charge is 2.51. The molecule has 0 radical (unpaired) electrons. The number of aromatic nitrogens is 2. The van der Waals surface area contributed by atoms with Gasteiger partial charge in [-0.05, 0) is 67.8 Å². The Balaban J connectivity index is 1.28. The summed E-state index contributed by atoms with van der Waals surface area (Å²) in [6.07, 6.45) is 3.33. The van der Waals surface area contributed by atoms with Gasteiger partial charge in [0.25, 0.3) is 5.91 Å². The van der Waals surface area contributed by atoms with Crippen molar-refractivity contribution in [2.45, 2.75) is 38.0 Å². The fourth-order valence-electron chi connectivity index (χ4n) is 3.86. The molecule has 1 N–H and O–H groups in total. The number of amides is 2. The van der Waals surface area contributed by atoms with Crippen molar-refractivity contribution in [2.24, 2.45) is 5.92 Å². The summed E-state index contributed by atoms with van der Waals surface area (Å²) >= 11 is 1.14. The van der Waals surface area contributed by atoms with Gasteiger partial charge >= 0.3 is 0 Å². The zero-order chi connectivity index (χ0) is 19.7. The number of nitrogens with one attached hydrogen (secondary N) is 1. The number of halogens is 1. The average Bonchev–Trinajstić information content (AvgIpc) is 3.41. The highest BCUT2D eigenvalue weighted by Crippen LogP contribution is 2.48. The van der Waals surface area contributed by atoms with Gasteiger partial charge in [0.05, 0.1) is 11.1 Å². The van der Waals surface area contributed by atoms with E-state index in [4.69, 9.17) is 0 Å². The number of likely N-dealkylation sites (tertiary alicyclic amines) is 1. The lowest BCUT2D eigenvalue weighted by molar-refractivity contribution is -0.123. The van der Waals surface area contributed by atoms with Crippen LogP contribution in [0.25, 0.3) is 0 Å². The van der Waals surface area contributed by atoms with Gasteiger partial charge in [0.1, 0.15) is 10.7 Å². The average molecular weight is 402 g/mol. The maximum absolute atomic E-state index is 13.2. The van der Waals surface area contributed by atoms with E-state index < -0.39 is 5.41 Å². The first-order valence-corrected chi connectivity index (χ1v) is 10.4. The number of piperidine rings is 1. The highest BCUT2D eigenvalue weighted by molar-refractivity contribution is 7.07. The van der Waals surface area contributed by atoms with Crippen molar-refractivity contribution in [3.63, 3.8) is 0 Å². The molecular formula is C20H23FN4O2S. The van der Waals surface area contributed by atoms with Crippen LogP contribution in [0.3, 0.4) is 0 Å². The third-order valence-corrected chi connectivity index (χ3v) is 6.70. The first-order valence-electron chi connectivity index (χ1n) is 9.62. The molecule has 2 aromatic rings. The number of rotatable bonds is 5. The number of carbonyl (C=O) groups excluding carboxylic acids is 2. The lowest BCUT2D eigenvalue weighted by Gasteiger charge is -2.32. The van der Waals surface area contributed by atoms with E-state index in [1.807, 2.05) is 4.90 Å². The van der Waals surface area contributed by atoms with E-state index in [0.29, 0.717) is 36.1 Å². The van der Waals surface area contributed by atoms with E-state index in [-0.39, 0.29) is 17.6 Å². The van der Waals surface area contributed by atoms with E-state index in [1.54, 1.807) is 19.1 Å². The molecule has 1 aliphatic heterocycles. The van der Waals surface area contributed by atoms with Crippen LogP contribution in [0, 0.1) is 18.7 Å². The maximum atomic E-state index is 13.2. The monoisotopic (exact) mass is 402 g/mol. The maximum Gasteiger partial charge on any atom is 0.267 e. The Labute approximate surface area is 167 Å². The van der Waals surface area contributed by atoms with E-state index in [9.17, 15) is 14.0 Å². The van der Waals surface area contributed by atoms with Crippen LogP contribution in [0.5, 0.6) is 0 Å². The Bertz CT molecular complexity index is 871.